The predicted molar refractivity (Wildman–Crippen MR) is 86.6 cm³/mol. The number of hydrogen-bond acceptors (Lipinski definition) is 4. The van der Waals surface area contributed by atoms with Crippen LogP contribution in [0, 0.1) is 28.6 Å². The molecule has 4 heteroatoms. The van der Waals surface area contributed by atoms with Gasteiger partial charge >= 0.3 is 11.9 Å². The number of carbonyl (C=O) groups excluding carboxylic acids is 2. The molecule has 0 aromatic rings. The minimum atomic E-state index is -0.544. The van der Waals surface area contributed by atoms with Gasteiger partial charge in [-0.25, -0.2) is 4.79 Å². The van der Waals surface area contributed by atoms with Gasteiger partial charge in [-0.2, -0.15) is 0 Å². The van der Waals surface area contributed by atoms with Gasteiger partial charge in [-0.3, -0.25) is 4.79 Å². The molecule has 0 aromatic heterocycles. The van der Waals surface area contributed by atoms with Gasteiger partial charge < -0.3 is 9.47 Å². The van der Waals surface area contributed by atoms with E-state index in [-0.39, 0.29) is 24.6 Å². The van der Waals surface area contributed by atoms with E-state index in [4.69, 9.17) is 9.47 Å². The maximum absolute atomic E-state index is 12.1. The first-order valence-electron chi connectivity index (χ1n) is 9.09. The fourth-order valence-electron chi connectivity index (χ4n) is 5.23. The van der Waals surface area contributed by atoms with Gasteiger partial charge in [0.1, 0.15) is 6.10 Å². The van der Waals surface area contributed by atoms with Crippen LogP contribution in [0.5, 0.6) is 0 Å². The van der Waals surface area contributed by atoms with Crippen molar-refractivity contribution in [3.63, 3.8) is 0 Å². The lowest BCUT2D eigenvalue weighted by Crippen LogP contribution is -2.54. The third-order valence-corrected chi connectivity index (χ3v) is 6.52. The van der Waals surface area contributed by atoms with Crippen molar-refractivity contribution in [2.24, 2.45) is 28.6 Å². The molecule has 4 aliphatic carbocycles. The van der Waals surface area contributed by atoms with E-state index in [1.807, 2.05) is 20.8 Å². The summed E-state index contributed by atoms with van der Waals surface area (Å²) >= 11 is 0. The normalized spacial score (nSPS) is 38.4. The van der Waals surface area contributed by atoms with Crippen molar-refractivity contribution < 1.29 is 19.1 Å². The molecule has 4 fully saturated rings. The second kappa shape index (κ2) is 5.78. The molecule has 4 nitrogen and oxygen atoms in total. The lowest BCUT2D eigenvalue weighted by molar-refractivity contribution is -0.186. The van der Waals surface area contributed by atoms with Crippen LogP contribution in [0.15, 0.2) is 0 Å². The molecule has 0 heterocycles. The minimum Gasteiger partial charge on any atom is -0.459 e. The molecule has 130 valence electrons. The van der Waals surface area contributed by atoms with E-state index < -0.39 is 5.41 Å². The van der Waals surface area contributed by atoms with Crippen molar-refractivity contribution in [1.82, 2.24) is 0 Å². The average Bonchev–Trinajstić information content (AvgIpc) is 2.46. The van der Waals surface area contributed by atoms with Gasteiger partial charge in [0.05, 0.1) is 5.41 Å². The van der Waals surface area contributed by atoms with Crippen LogP contribution in [0.4, 0.5) is 0 Å². The minimum absolute atomic E-state index is 0.0463. The maximum atomic E-state index is 12.1. The second-order valence-corrected chi connectivity index (χ2v) is 9.05. The van der Waals surface area contributed by atoms with E-state index in [2.05, 4.69) is 6.92 Å². The summed E-state index contributed by atoms with van der Waals surface area (Å²) < 4.78 is 10.9. The lowest BCUT2D eigenvalue weighted by atomic mass is 9.49. The quantitative estimate of drug-likeness (QED) is 0.724. The van der Waals surface area contributed by atoms with Crippen molar-refractivity contribution in [2.75, 3.05) is 6.61 Å². The summed E-state index contributed by atoms with van der Waals surface area (Å²) in [5, 5.41) is 0. The summed E-state index contributed by atoms with van der Waals surface area (Å²) in [7, 11) is 0. The van der Waals surface area contributed by atoms with Gasteiger partial charge in [0.2, 0.25) is 0 Å². The Hall–Kier alpha value is -1.06. The monoisotopic (exact) mass is 322 g/mol. The smallest absolute Gasteiger partial charge is 0.344 e. The molecule has 0 saturated heterocycles. The molecule has 2 atom stereocenters. The van der Waals surface area contributed by atoms with E-state index in [0.717, 1.165) is 5.92 Å². The average molecular weight is 322 g/mol. The number of ether oxygens (including phenoxy) is 2. The van der Waals surface area contributed by atoms with Crippen LogP contribution in [0.3, 0.4) is 0 Å². The molecule has 4 aliphatic rings. The highest BCUT2D eigenvalue weighted by Crippen LogP contribution is 2.60. The molecule has 23 heavy (non-hydrogen) atoms. The Kier molecular flexibility index (Phi) is 4.22. The van der Waals surface area contributed by atoms with E-state index in [1.54, 1.807) is 0 Å². The van der Waals surface area contributed by atoms with Gasteiger partial charge in [-0.1, -0.05) is 13.8 Å². The molecule has 4 rings (SSSR count). The third-order valence-electron chi connectivity index (χ3n) is 6.52. The Labute approximate surface area is 139 Å². The number of carbonyl (C=O) groups is 2. The highest BCUT2D eigenvalue weighted by molar-refractivity contribution is 5.79. The van der Waals surface area contributed by atoms with Crippen molar-refractivity contribution in [1.29, 1.82) is 0 Å². The van der Waals surface area contributed by atoms with Gasteiger partial charge in [-0.15, -0.1) is 0 Å². The van der Waals surface area contributed by atoms with Crippen molar-refractivity contribution >= 4 is 11.9 Å². The summed E-state index contributed by atoms with van der Waals surface area (Å²) in [6.07, 6.45) is 6.85. The largest absolute Gasteiger partial charge is 0.459 e. The zero-order valence-corrected chi connectivity index (χ0v) is 14.9. The molecule has 0 N–H and O–H groups in total. The first-order chi connectivity index (χ1) is 10.7. The molecule has 0 aromatic carbocycles. The Morgan fingerprint density at radius 2 is 1.74 bits per heavy atom. The SMILES string of the molecule is CCC(C)(C)C(=O)OCC(=O)OC1C2CC3CC1CC(C)(C3)C2. The number of hydrogen-bond donors (Lipinski definition) is 0. The van der Waals surface area contributed by atoms with Crippen LogP contribution in [-0.2, 0) is 19.1 Å². The van der Waals surface area contributed by atoms with Gasteiger partial charge in [0, 0.05) is 0 Å². The fraction of sp³-hybridized carbons (Fsp3) is 0.895. The number of rotatable bonds is 5. The van der Waals surface area contributed by atoms with Crippen LogP contribution in [0.1, 0.15) is 66.2 Å². The molecule has 0 aliphatic heterocycles. The first-order valence-corrected chi connectivity index (χ1v) is 9.09. The van der Waals surface area contributed by atoms with Gasteiger partial charge in [0.15, 0.2) is 6.61 Å². The number of esters is 2. The van der Waals surface area contributed by atoms with E-state index in [1.165, 1.54) is 32.1 Å². The summed E-state index contributed by atoms with van der Waals surface area (Å²) in [5.74, 6) is 1.15. The molecule has 2 unspecified atom stereocenters. The van der Waals surface area contributed by atoms with E-state index in [0.29, 0.717) is 23.7 Å². The third kappa shape index (κ3) is 3.27. The Balaban J connectivity index is 1.52. The topological polar surface area (TPSA) is 52.6 Å². The summed E-state index contributed by atoms with van der Waals surface area (Å²) in [4.78, 5) is 24.1. The van der Waals surface area contributed by atoms with Crippen molar-refractivity contribution in [3.05, 3.63) is 0 Å². The molecule has 4 bridgehead atoms. The molecular formula is C19H30O4. The Morgan fingerprint density at radius 1 is 1.13 bits per heavy atom. The summed E-state index contributed by atoms with van der Waals surface area (Å²) in [5.41, 5.74) is -0.0749. The van der Waals surface area contributed by atoms with Crippen LogP contribution >= 0.6 is 0 Å². The molecule has 0 spiro atoms. The Bertz CT molecular complexity index is 480. The molecule has 4 saturated carbocycles. The van der Waals surface area contributed by atoms with Crippen molar-refractivity contribution in [3.8, 4) is 0 Å². The van der Waals surface area contributed by atoms with Crippen molar-refractivity contribution in [2.45, 2.75) is 72.3 Å². The highest BCUT2D eigenvalue weighted by Gasteiger charge is 2.54. The molecule has 0 radical (unpaired) electrons. The zero-order valence-electron chi connectivity index (χ0n) is 14.9. The molecular weight excluding hydrogens is 292 g/mol. The first kappa shape index (κ1) is 16.8. The Morgan fingerprint density at radius 3 is 2.26 bits per heavy atom. The highest BCUT2D eigenvalue weighted by atomic mass is 16.6. The standard InChI is InChI=1S/C19H30O4/c1-5-18(2,3)17(21)22-11-15(20)23-16-13-6-12-7-14(16)10-19(4,8-12)9-13/h12-14,16H,5-11H2,1-4H3. The summed E-state index contributed by atoms with van der Waals surface area (Å²) in [6, 6.07) is 0. The van der Waals surface area contributed by atoms with Crippen LogP contribution in [0.25, 0.3) is 0 Å². The van der Waals surface area contributed by atoms with Gasteiger partial charge in [-0.05, 0) is 75.5 Å². The summed E-state index contributed by atoms with van der Waals surface area (Å²) in [6.45, 7) is 7.75. The zero-order chi connectivity index (χ0) is 16.8. The van der Waals surface area contributed by atoms with Crippen LogP contribution in [-0.4, -0.2) is 24.6 Å². The van der Waals surface area contributed by atoms with Crippen LogP contribution in [0.2, 0.25) is 0 Å². The molecule has 0 amide bonds. The van der Waals surface area contributed by atoms with Gasteiger partial charge in [0.25, 0.3) is 0 Å². The van der Waals surface area contributed by atoms with E-state index in [9.17, 15) is 9.59 Å². The maximum Gasteiger partial charge on any atom is 0.344 e. The second-order valence-electron chi connectivity index (χ2n) is 9.05. The predicted octanol–water partition coefficient (Wildman–Crippen LogP) is 3.72. The lowest BCUT2D eigenvalue weighted by Gasteiger charge is -2.58. The van der Waals surface area contributed by atoms with E-state index >= 15 is 0 Å². The fourth-order valence-corrected chi connectivity index (χ4v) is 5.23. The van der Waals surface area contributed by atoms with Crippen LogP contribution < -0.4 is 0 Å².